The molecule has 0 spiro atoms. The molecular weight excluding hydrogens is 258 g/mol. The first-order chi connectivity index (χ1) is 9.54. The number of nitrogen functional groups attached to an aromatic ring is 1. The Morgan fingerprint density at radius 1 is 1.15 bits per heavy atom. The SMILES string of the molecule is Nc1ccc(C(=O)Nc2ccc(CC(=O)O)cc2)nc1. The maximum absolute atomic E-state index is 11.9. The number of carbonyl (C=O) groups excluding carboxylic acids is 1. The molecule has 0 saturated heterocycles. The van der Waals surface area contributed by atoms with E-state index in [1.165, 1.54) is 12.3 Å². The van der Waals surface area contributed by atoms with Crippen molar-refractivity contribution < 1.29 is 14.7 Å². The topological polar surface area (TPSA) is 105 Å². The van der Waals surface area contributed by atoms with Gasteiger partial charge in [0.25, 0.3) is 5.91 Å². The third-order valence-corrected chi connectivity index (χ3v) is 2.59. The van der Waals surface area contributed by atoms with E-state index in [-0.39, 0.29) is 18.0 Å². The minimum absolute atomic E-state index is 0.0479. The lowest BCUT2D eigenvalue weighted by Gasteiger charge is -2.05. The summed E-state index contributed by atoms with van der Waals surface area (Å²) in [6.07, 6.45) is 1.36. The molecule has 2 rings (SSSR count). The fraction of sp³-hybridized carbons (Fsp3) is 0.0714. The summed E-state index contributed by atoms with van der Waals surface area (Å²) in [5.74, 6) is -1.25. The van der Waals surface area contributed by atoms with Crippen LogP contribution in [0.1, 0.15) is 16.1 Å². The van der Waals surface area contributed by atoms with Gasteiger partial charge in [0.1, 0.15) is 5.69 Å². The zero-order chi connectivity index (χ0) is 14.5. The maximum atomic E-state index is 11.9. The van der Waals surface area contributed by atoms with Gasteiger partial charge in [-0.3, -0.25) is 9.59 Å². The number of nitrogens with one attached hydrogen (secondary N) is 1. The summed E-state index contributed by atoms with van der Waals surface area (Å²) >= 11 is 0. The van der Waals surface area contributed by atoms with Crippen LogP contribution in [0.15, 0.2) is 42.6 Å². The lowest BCUT2D eigenvalue weighted by molar-refractivity contribution is -0.136. The zero-order valence-electron chi connectivity index (χ0n) is 10.5. The molecule has 1 aromatic carbocycles. The van der Waals surface area contributed by atoms with Gasteiger partial charge in [-0.2, -0.15) is 0 Å². The molecule has 0 aliphatic carbocycles. The van der Waals surface area contributed by atoms with Crippen molar-refractivity contribution in [3.05, 3.63) is 53.9 Å². The summed E-state index contributed by atoms with van der Waals surface area (Å²) in [6.45, 7) is 0. The fourth-order valence-corrected chi connectivity index (χ4v) is 1.62. The molecule has 2 aromatic rings. The Morgan fingerprint density at radius 2 is 1.85 bits per heavy atom. The van der Waals surface area contributed by atoms with Gasteiger partial charge < -0.3 is 16.2 Å². The Balaban J connectivity index is 2.04. The number of hydrogen-bond acceptors (Lipinski definition) is 4. The molecule has 0 aliphatic rings. The Morgan fingerprint density at radius 3 is 2.40 bits per heavy atom. The number of carboxylic acids is 1. The second-order valence-electron chi connectivity index (χ2n) is 4.20. The van der Waals surface area contributed by atoms with Crippen molar-refractivity contribution in [3.8, 4) is 0 Å². The van der Waals surface area contributed by atoms with Gasteiger partial charge in [0.05, 0.1) is 18.3 Å². The lowest BCUT2D eigenvalue weighted by Crippen LogP contribution is -2.13. The van der Waals surface area contributed by atoms with E-state index < -0.39 is 5.97 Å². The van der Waals surface area contributed by atoms with Crippen molar-refractivity contribution in [1.29, 1.82) is 0 Å². The molecule has 6 nitrogen and oxygen atoms in total. The molecule has 102 valence electrons. The van der Waals surface area contributed by atoms with Gasteiger partial charge in [-0.25, -0.2) is 4.98 Å². The van der Waals surface area contributed by atoms with Crippen LogP contribution in [0.5, 0.6) is 0 Å². The third kappa shape index (κ3) is 3.55. The predicted octanol–water partition coefficient (Wildman–Crippen LogP) is 1.54. The van der Waals surface area contributed by atoms with Gasteiger partial charge in [-0.15, -0.1) is 0 Å². The number of nitrogens with zero attached hydrogens (tertiary/aromatic N) is 1. The van der Waals surface area contributed by atoms with Crippen LogP contribution in [0.25, 0.3) is 0 Å². The molecular formula is C14H13N3O3. The maximum Gasteiger partial charge on any atom is 0.307 e. The van der Waals surface area contributed by atoms with E-state index in [0.717, 1.165) is 0 Å². The minimum atomic E-state index is -0.896. The number of carboxylic acid groups (broad SMARTS) is 1. The quantitative estimate of drug-likeness (QED) is 0.782. The molecule has 1 amide bonds. The number of pyridine rings is 1. The Bertz CT molecular complexity index is 621. The summed E-state index contributed by atoms with van der Waals surface area (Å²) in [6, 6.07) is 9.72. The van der Waals surface area contributed by atoms with E-state index in [0.29, 0.717) is 16.9 Å². The van der Waals surface area contributed by atoms with Crippen LogP contribution in [-0.4, -0.2) is 22.0 Å². The number of rotatable bonds is 4. The monoisotopic (exact) mass is 271 g/mol. The van der Waals surface area contributed by atoms with Gasteiger partial charge >= 0.3 is 5.97 Å². The zero-order valence-corrected chi connectivity index (χ0v) is 10.5. The molecule has 4 N–H and O–H groups in total. The van der Waals surface area contributed by atoms with Crippen molar-refractivity contribution in [3.63, 3.8) is 0 Å². The van der Waals surface area contributed by atoms with Crippen molar-refractivity contribution >= 4 is 23.3 Å². The number of anilines is 2. The summed E-state index contributed by atoms with van der Waals surface area (Å²) in [7, 11) is 0. The first kappa shape index (κ1) is 13.5. The molecule has 0 saturated carbocycles. The molecule has 6 heteroatoms. The summed E-state index contributed by atoms with van der Waals surface area (Å²) < 4.78 is 0. The largest absolute Gasteiger partial charge is 0.481 e. The van der Waals surface area contributed by atoms with E-state index in [1.54, 1.807) is 30.3 Å². The van der Waals surface area contributed by atoms with E-state index in [4.69, 9.17) is 10.8 Å². The Hall–Kier alpha value is -2.89. The van der Waals surface area contributed by atoms with Crippen LogP contribution < -0.4 is 11.1 Å². The molecule has 0 fully saturated rings. The standard InChI is InChI=1S/C14H13N3O3/c15-10-3-6-12(16-8-10)14(20)17-11-4-1-9(2-5-11)7-13(18)19/h1-6,8H,7,15H2,(H,17,20)(H,18,19). The smallest absolute Gasteiger partial charge is 0.307 e. The average Bonchev–Trinajstić information content (AvgIpc) is 2.41. The van der Waals surface area contributed by atoms with Crippen molar-refractivity contribution in [1.82, 2.24) is 4.98 Å². The second kappa shape index (κ2) is 5.83. The average molecular weight is 271 g/mol. The fourth-order valence-electron chi connectivity index (χ4n) is 1.62. The summed E-state index contributed by atoms with van der Waals surface area (Å²) in [5.41, 5.74) is 7.48. The van der Waals surface area contributed by atoms with Crippen LogP contribution in [-0.2, 0) is 11.2 Å². The Labute approximate surface area is 115 Å². The van der Waals surface area contributed by atoms with E-state index in [9.17, 15) is 9.59 Å². The van der Waals surface area contributed by atoms with Crippen LogP contribution in [0.3, 0.4) is 0 Å². The molecule has 0 unspecified atom stereocenters. The van der Waals surface area contributed by atoms with Crippen molar-refractivity contribution in [2.75, 3.05) is 11.1 Å². The van der Waals surface area contributed by atoms with Gasteiger partial charge in [0, 0.05) is 5.69 Å². The Kier molecular flexibility index (Phi) is 3.95. The minimum Gasteiger partial charge on any atom is -0.481 e. The summed E-state index contributed by atoms with van der Waals surface area (Å²) in [5, 5.41) is 11.3. The molecule has 0 aliphatic heterocycles. The number of nitrogens with two attached hydrogens (primary N) is 1. The lowest BCUT2D eigenvalue weighted by atomic mass is 10.1. The van der Waals surface area contributed by atoms with Crippen molar-refractivity contribution in [2.45, 2.75) is 6.42 Å². The molecule has 20 heavy (non-hydrogen) atoms. The van der Waals surface area contributed by atoms with Crippen molar-refractivity contribution in [2.24, 2.45) is 0 Å². The van der Waals surface area contributed by atoms with Crippen LogP contribution in [0.2, 0.25) is 0 Å². The molecule has 0 radical (unpaired) electrons. The normalized spacial score (nSPS) is 10.0. The number of aliphatic carboxylic acids is 1. The van der Waals surface area contributed by atoms with E-state index in [1.807, 2.05) is 0 Å². The highest BCUT2D eigenvalue weighted by molar-refractivity contribution is 6.02. The highest BCUT2D eigenvalue weighted by Crippen LogP contribution is 2.11. The number of aromatic nitrogens is 1. The van der Waals surface area contributed by atoms with Gasteiger partial charge in [-0.1, -0.05) is 12.1 Å². The number of benzene rings is 1. The number of hydrogen-bond donors (Lipinski definition) is 3. The first-order valence-corrected chi connectivity index (χ1v) is 5.88. The highest BCUT2D eigenvalue weighted by Gasteiger charge is 2.07. The molecule has 0 bridgehead atoms. The first-order valence-electron chi connectivity index (χ1n) is 5.88. The van der Waals surface area contributed by atoms with Gasteiger partial charge in [0.15, 0.2) is 0 Å². The van der Waals surface area contributed by atoms with Crippen LogP contribution in [0.4, 0.5) is 11.4 Å². The number of amides is 1. The highest BCUT2D eigenvalue weighted by atomic mass is 16.4. The van der Waals surface area contributed by atoms with Crippen LogP contribution >= 0.6 is 0 Å². The summed E-state index contributed by atoms with van der Waals surface area (Å²) in [4.78, 5) is 26.4. The molecule has 1 aromatic heterocycles. The van der Waals surface area contributed by atoms with Gasteiger partial charge in [0.2, 0.25) is 0 Å². The number of carbonyl (C=O) groups is 2. The van der Waals surface area contributed by atoms with E-state index in [2.05, 4.69) is 10.3 Å². The molecule has 1 heterocycles. The third-order valence-electron chi connectivity index (χ3n) is 2.59. The molecule has 0 atom stereocenters. The predicted molar refractivity (Wildman–Crippen MR) is 74.4 cm³/mol. The van der Waals surface area contributed by atoms with E-state index >= 15 is 0 Å². The second-order valence-corrected chi connectivity index (χ2v) is 4.20. The van der Waals surface area contributed by atoms with Gasteiger partial charge in [-0.05, 0) is 29.8 Å². The van der Waals surface area contributed by atoms with Crippen LogP contribution in [0, 0.1) is 0 Å².